The van der Waals surface area contributed by atoms with Crippen LogP contribution in [0.4, 0.5) is 0 Å². The molecule has 0 atom stereocenters. The van der Waals surface area contributed by atoms with Crippen LogP contribution in [-0.4, -0.2) is 12.2 Å². The van der Waals surface area contributed by atoms with Gasteiger partial charge in [-0.05, 0) is 5.46 Å². The molecule has 0 fully saturated rings. The van der Waals surface area contributed by atoms with Gasteiger partial charge in [-0.1, -0.05) is 30.3 Å². The number of rotatable bonds is 4. The van der Waals surface area contributed by atoms with Crippen LogP contribution in [0.3, 0.4) is 0 Å². The molecule has 2 N–H and O–H groups in total. The Kier molecular flexibility index (Phi) is 3.24. The third-order valence-corrected chi connectivity index (χ3v) is 1.38. The maximum Gasteiger partial charge on any atom is 0.553 e. The highest BCUT2D eigenvalue weighted by Crippen LogP contribution is 1.90. The average molecular weight is 182 g/mol. The topological polar surface area (TPSA) is 87.6 Å². The van der Waals surface area contributed by atoms with Crippen molar-refractivity contribution in [3.63, 3.8) is 0 Å². The second-order valence-electron chi connectivity index (χ2n) is 2.21. The summed E-state index contributed by atoms with van der Waals surface area (Å²) in [5.74, 6) is 4.82. The summed E-state index contributed by atoms with van der Waals surface area (Å²) in [6.07, 6.45) is 0. The molecule has 0 aromatic heterocycles. The summed E-state index contributed by atoms with van der Waals surface area (Å²) in [7, 11) is -1.17. The number of nitrogens with two attached hydrogens (primary N) is 1. The quantitative estimate of drug-likeness (QED) is 0.384. The predicted octanol–water partition coefficient (Wildman–Crippen LogP) is -0.520. The lowest BCUT2D eigenvalue weighted by molar-refractivity contribution is -0.721. The van der Waals surface area contributed by atoms with Gasteiger partial charge >= 0.3 is 7.12 Å². The summed E-state index contributed by atoms with van der Waals surface area (Å²) >= 11 is 0. The lowest BCUT2D eigenvalue weighted by atomic mass is 9.80. The molecule has 0 bridgehead atoms. The van der Waals surface area contributed by atoms with Crippen molar-refractivity contribution in [1.29, 1.82) is 0 Å². The smallest absolute Gasteiger partial charge is 0.336 e. The SMILES string of the molecule is NOB(O[N+](=O)[O-])c1ccccc1. The molecular formula is C6H7BN2O4. The van der Waals surface area contributed by atoms with E-state index < -0.39 is 12.2 Å². The minimum Gasteiger partial charge on any atom is -0.336 e. The first-order valence-corrected chi connectivity index (χ1v) is 3.45. The summed E-state index contributed by atoms with van der Waals surface area (Å²) in [4.78, 5) is 9.99. The van der Waals surface area contributed by atoms with Gasteiger partial charge in [0.15, 0.2) is 0 Å². The Morgan fingerprint density at radius 1 is 1.38 bits per heavy atom. The summed E-state index contributed by atoms with van der Waals surface area (Å²) < 4.78 is 8.44. The lowest BCUT2D eigenvalue weighted by Gasteiger charge is -2.06. The first-order chi connectivity index (χ1) is 6.24. The standard InChI is InChI=1S/C6H7BN2O4/c8-12-7(13-9(10)11)6-4-2-1-3-5-6/h1-5H,8H2. The fraction of sp³-hybridized carbons (Fsp3) is 0. The van der Waals surface area contributed by atoms with Crippen molar-refractivity contribution in [2.24, 2.45) is 5.90 Å². The van der Waals surface area contributed by atoms with Gasteiger partial charge in [0.05, 0.1) is 0 Å². The van der Waals surface area contributed by atoms with Crippen molar-refractivity contribution in [1.82, 2.24) is 0 Å². The predicted molar refractivity (Wildman–Crippen MR) is 45.2 cm³/mol. The van der Waals surface area contributed by atoms with E-state index in [0.29, 0.717) is 5.46 Å². The molecule has 0 unspecified atom stereocenters. The van der Waals surface area contributed by atoms with Crippen molar-refractivity contribution in [3.8, 4) is 0 Å². The zero-order valence-corrected chi connectivity index (χ0v) is 6.62. The Morgan fingerprint density at radius 2 is 2.00 bits per heavy atom. The van der Waals surface area contributed by atoms with Gasteiger partial charge in [-0.15, -0.1) is 10.1 Å². The van der Waals surface area contributed by atoms with E-state index in [4.69, 9.17) is 5.90 Å². The van der Waals surface area contributed by atoms with Crippen LogP contribution in [0.1, 0.15) is 0 Å². The summed E-state index contributed by atoms with van der Waals surface area (Å²) in [6.45, 7) is 0. The molecule has 0 saturated heterocycles. The highest BCUT2D eigenvalue weighted by atomic mass is 17.0. The number of benzene rings is 1. The average Bonchev–Trinajstić information content (AvgIpc) is 2.15. The van der Waals surface area contributed by atoms with E-state index in [-0.39, 0.29) is 0 Å². The zero-order chi connectivity index (χ0) is 9.68. The number of hydrogen-bond acceptors (Lipinski definition) is 5. The fourth-order valence-corrected chi connectivity index (χ4v) is 0.853. The molecule has 0 radical (unpaired) electrons. The fourth-order valence-electron chi connectivity index (χ4n) is 0.853. The van der Waals surface area contributed by atoms with Gasteiger partial charge in [-0.2, -0.15) is 0 Å². The van der Waals surface area contributed by atoms with Crippen LogP contribution in [0.2, 0.25) is 0 Å². The summed E-state index contributed by atoms with van der Waals surface area (Å²) in [5.41, 5.74) is 0.488. The maximum absolute atomic E-state index is 9.99. The van der Waals surface area contributed by atoms with Gasteiger partial charge in [0.2, 0.25) is 0 Å². The minimum atomic E-state index is -1.17. The van der Waals surface area contributed by atoms with Gasteiger partial charge < -0.3 is 9.51 Å². The first-order valence-electron chi connectivity index (χ1n) is 3.45. The van der Waals surface area contributed by atoms with Gasteiger partial charge in [0.1, 0.15) is 0 Å². The number of nitrogens with zero attached hydrogens (tertiary/aromatic N) is 1. The Balaban J connectivity index is 2.73. The van der Waals surface area contributed by atoms with Crippen LogP contribution in [0.5, 0.6) is 0 Å². The lowest BCUT2D eigenvalue weighted by Crippen LogP contribution is -2.40. The molecule has 13 heavy (non-hydrogen) atoms. The molecule has 0 aliphatic carbocycles. The van der Waals surface area contributed by atoms with Crippen molar-refractivity contribution in [2.45, 2.75) is 0 Å². The molecule has 0 aliphatic rings. The second-order valence-corrected chi connectivity index (χ2v) is 2.21. The molecule has 0 saturated carbocycles. The Morgan fingerprint density at radius 3 is 2.46 bits per heavy atom. The molecule has 1 aromatic rings. The van der Waals surface area contributed by atoms with Gasteiger partial charge in [0, 0.05) is 0 Å². The van der Waals surface area contributed by atoms with Crippen LogP contribution in [0.25, 0.3) is 0 Å². The second kappa shape index (κ2) is 4.44. The van der Waals surface area contributed by atoms with Crippen LogP contribution < -0.4 is 11.4 Å². The largest absolute Gasteiger partial charge is 0.553 e. The van der Waals surface area contributed by atoms with Crippen molar-refractivity contribution < 1.29 is 14.6 Å². The van der Waals surface area contributed by atoms with E-state index in [1.165, 1.54) is 0 Å². The van der Waals surface area contributed by atoms with Crippen LogP contribution in [-0.2, 0) is 9.51 Å². The van der Waals surface area contributed by atoms with Gasteiger partial charge in [0.25, 0.3) is 5.09 Å². The highest BCUT2D eigenvalue weighted by molar-refractivity contribution is 6.60. The van der Waals surface area contributed by atoms with Gasteiger partial charge in [-0.3, -0.25) is 0 Å². The molecule has 6 nitrogen and oxygen atoms in total. The third-order valence-electron chi connectivity index (χ3n) is 1.38. The third kappa shape index (κ3) is 2.73. The van der Waals surface area contributed by atoms with E-state index >= 15 is 0 Å². The highest BCUT2D eigenvalue weighted by Gasteiger charge is 2.23. The summed E-state index contributed by atoms with van der Waals surface area (Å²) in [5, 5.41) is 9.04. The summed E-state index contributed by atoms with van der Waals surface area (Å²) in [6, 6.07) is 8.39. The van der Waals surface area contributed by atoms with Crippen molar-refractivity contribution in [3.05, 3.63) is 40.4 Å². The Bertz CT molecular complexity index is 281. The van der Waals surface area contributed by atoms with E-state index in [2.05, 4.69) is 9.51 Å². The molecule has 68 valence electrons. The molecule has 7 heteroatoms. The van der Waals surface area contributed by atoms with Crippen molar-refractivity contribution >= 4 is 12.6 Å². The van der Waals surface area contributed by atoms with Crippen LogP contribution in [0.15, 0.2) is 30.3 Å². The van der Waals surface area contributed by atoms with Crippen LogP contribution in [0, 0.1) is 10.1 Å². The Hall–Kier alpha value is -1.60. The molecular weight excluding hydrogens is 175 g/mol. The minimum absolute atomic E-state index is 0.488. The van der Waals surface area contributed by atoms with Crippen LogP contribution >= 0.6 is 0 Å². The van der Waals surface area contributed by atoms with E-state index in [9.17, 15) is 10.1 Å². The van der Waals surface area contributed by atoms with Gasteiger partial charge in [-0.25, -0.2) is 5.90 Å². The molecule has 0 heterocycles. The molecule has 0 aliphatic heterocycles. The molecule has 1 rings (SSSR count). The van der Waals surface area contributed by atoms with E-state index in [1.54, 1.807) is 30.3 Å². The maximum atomic E-state index is 9.99. The normalized spacial score (nSPS) is 9.31. The van der Waals surface area contributed by atoms with Crippen molar-refractivity contribution in [2.75, 3.05) is 0 Å². The molecule has 0 amide bonds. The monoisotopic (exact) mass is 182 g/mol. The van der Waals surface area contributed by atoms with E-state index in [1.807, 2.05) is 0 Å². The Labute approximate surface area is 74.5 Å². The number of hydrogen-bond donors (Lipinski definition) is 1. The zero-order valence-electron chi connectivity index (χ0n) is 6.62. The molecule has 1 aromatic carbocycles. The first kappa shape index (κ1) is 9.49. The van der Waals surface area contributed by atoms with E-state index in [0.717, 1.165) is 0 Å². The molecule has 0 spiro atoms.